The molecule has 0 radical (unpaired) electrons. The Morgan fingerprint density at radius 3 is 2.63 bits per heavy atom. The molecule has 4 aromatic rings. The van der Waals surface area contributed by atoms with Gasteiger partial charge in [-0.2, -0.15) is 17.5 Å². The molecule has 0 spiro atoms. The Hall–Kier alpha value is -3.88. The molecule has 43 heavy (non-hydrogen) atoms. The molecule has 1 saturated heterocycles. The summed E-state index contributed by atoms with van der Waals surface area (Å²) in [5, 5.41) is 7.25. The van der Waals surface area contributed by atoms with Gasteiger partial charge in [-0.05, 0) is 67.6 Å². The van der Waals surface area contributed by atoms with E-state index < -0.39 is 34.3 Å². The van der Waals surface area contributed by atoms with Crippen molar-refractivity contribution in [2.75, 3.05) is 32.0 Å². The number of hydrogen-bond acceptors (Lipinski definition) is 8. The first-order valence-corrected chi connectivity index (χ1v) is 15.2. The van der Waals surface area contributed by atoms with Crippen molar-refractivity contribution in [3.63, 3.8) is 0 Å². The number of fused-ring (bicyclic) bond motifs is 1. The highest BCUT2D eigenvalue weighted by Gasteiger charge is 2.35. The largest absolute Gasteiger partial charge is 0.437 e. The van der Waals surface area contributed by atoms with E-state index in [4.69, 9.17) is 4.74 Å². The van der Waals surface area contributed by atoms with Crippen LogP contribution in [0, 0.1) is 12.7 Å². The van der Waals surface area contributed by atoms with E-state index >= 15 is 4.39 Å². The smallest absolute Gasteiger partial charge is 0.402 e. The van der Waals surface area contributed by atoms with Crippen LogP contribution in [0.5, 0.6) is 11.6 Å². The Morgan fingerprint density at radius 2 is 1.88 bits per heavy atom. The van der Waals surface area contributed by atoms with Gasteiger partial charge in [0.25, 0.3) is 0 Å². The van der Waals surface area contributed by atoms with Crippen LogP contribution in [0.15, 0.2) is 54.9 Å². The maximum atomic E-state index is 15.0. The van der Waals surface area contributed by atoms with E-state index in [0.29, 0.717) is 33.9 Å². The summed E-state index contributed by atoms with van der Waals surface area (Å²) in [6.45, 7) is 1.86. The average Bonchev–Trinajstić information content (AvgIpc) is 2.96. The van der Waals surface area contributed by atoms with Gasteiger partial charge in [-0.3, -0.25) is 0 Å². The number of pyridine rings is 1. The average molecular weight is 619 g/mol. The van der Waals surface area contributed by atoms with Crippen molar-refractivity contribution in [1.29, 1.82) is 0 Å². The number of nitrogens with zero attached hydrogens (tertiary/aromatic N) is 4. The summed E-state index contributed by atoms with van der Waals surface area (Å²) in [6, 6.07) is 11.1. The van der Waals surface area contributed by atoms with Crippen LogP contribution in [0.2, 0.25) is 0 Å². The fourth-order valence-corrected chi connectivity index (χ4v) is 6.17. The van der Waals surface area contributed by atoms with E-state index in [1.165, 1.54) is 12.1 Å². The fourth-order valence-electron chi connectivity index (χ4n) is 4.95. The Labute approximate surface area is 246 Å². The Kier molecular flexibility index (Phi) is 8.81. The predicted molar refractivity (Wildman–Crippen MR) is 155 cm³/mol. The number of sulfonamides is 1. The lowest BCUT2D eigenvalue weighted by atomic mass is 10.0. The molecular weight excluding hydrogens is 588 g/mol. The molecule has 3 heterocycles. The van der Waals surface area contributed by atoms with Crippen LogP contribution >= 0.6 is 0 Å². The molecule has 2 aromatic heterocycles. The SMILES string of the molecule is Cc1ccc2c(CS(=O)(=O)N(C)CC(F)(F)F)c(F)ccc2c1Oc1ncccc1-c1ccnc(N[C@H]2CCCNC2)n1. The lowest BCUT2D eigenvalue weighted by molar-refractivity contribution is -0.134. The van der Waals surface area contributed by atoms with E-state index in [-0.39, 0.29) is 27.2 Å². The van der Waals surface area contributed by atoms with Gasteiger partial charge in [0.15, 0.2) is 0 Å². The van der Waals surface area contributed by atoms with Crippen molar-refractivity contribution in [3.8, 4) is 22.9 Å². The molecule has 228 valence electrons. The van der Waals surface area contributed by atoms with Crippen LogP contribution in [-0.4, -0.2) is 66.6 Å². The highest BCUT2D eigenvalue weighted by atomic mass is 32.2. The second kappa shape index (κ2) is 12.4. The van der Waals surface area contributed by atoms with E-state index in [2.05, 4.69) is 25.6 Å². The summed E-state index contributed by atoms with van der Waals surface area (Å²) >= 11 is 0. The molecule has 1 atom stereocenters. The van der Waals surface area contributed by atoms with Crippen molar-refractivity contribution in [2.45, 2.75) is 37.7 Å². The second-order valence-corrected chi connectivity index (χ2v) is 12.4. The number of benzene rings is 2. The van der Waals surface area contributed by atoms with Gasteiger partial charge in [-0.15, -0.1) is 0 Å². The number of anilines is 1. The second-order valence-electron chi connectivity index (χ2n) is 10.4. The number of piperidine rings is 1. The summed E-state index contributed by atoms with van der Waals surface area (Å²) in [7, 11) is -3.69. The normalized spacial score (nSPS) is 16.0. The van der Waals surface area contributed by atoms with Crippen molar-refractivity contribution < 1.29 is 30.7 Å². The molecule has 5 rings (SSSR count). The van der Waals surface area contributed by atoms with Gasteiger partial charge in [0.2, 0.25) is 21.9 Å². The number of aryl methyl sites for hydroxylation is 1. The molecule has 1 aliphatic heterocycles. The minimum atomic E-state index is -4.74. The highest BCUT2D eigenvalue weighted by Crippen LogP contribution is 2.38. The zero-order valence-corrected chi connectivity index (χ0v) is 24.3. The number of ether oxygens (including phenoxy) is 1. The van der Waals surface area contributed by atoms with Gasteiger partial charge in [0, 0.05) is 43.0 Å². The zero-order valence-electron chi connectivity index (χ0n) is 23.4. The molecule has 1 fully saturated rings. The maximum Gasteiger partial charge on any atom is 0.402 e. The summed E-state index contributed by atoms with van der Waals surface area (Å²) in [5.41, 5.74) is 1.49. The third kappa shape index (κ3) is 7.20. The third-order valence-corrected chi connectivity index (χ3v) is 8.87. The minimum Gasteiger partial charge on any atom is -0.437 e. The number of halogens is 4. The number of hydrogen-bond donors (Lipinski definition) is 2. The van der Waals surface area contributed by atoms with Crippen LogP contribution in [0.25, 0.3) is 22.0 Å². The monoisotopic (exact) mass is 618 g/mol. The van der Waals surface area contributed by atoms with Crippen molar-refractivity contribution in [3.05, 3.63) is 71.8 Å². The Morgan fingerprint density at radius 1 is 1.09 bits per heavy atom. The Bertz CT molecular complexity index is 1730. The van der Waals surface area contributed by atoms with Crippen LogP contribution < -0.4 is 15.4 Å². The van der Waals surface area contributed by atoms with E-state index in [0.717, 1.165) is 39.0 Å². The van der Waals surface area contributed by atoms with Crippen LogP contribution in [-0.2, 0) is 15.8 Å². The van der Waals surface area contributed by atoms with Crippen LogP contribution in [0.4, 0.5) is 23.5 Å². The molecule has 0 bridgehead atoms. The number of aromatic nitrogens is 3. The first kappa shape index (κ1) is 30.6. The molecule has 0 amide bonds. The van der Waals surface area contributed by atoms with E-state index in [1.54, 1.807) is 43.6 Å². The van der Waals surface area contributed by atoms with Crippen LogP contribution in [0.1, 0.15) is 24.0 Å². The van der Waals surface area contributed by atoms with E-state index in [9.17, 15) is 21.6 Å². The van der Waals surface area contributed by atoms with E-state index in [1.807, 2.05) is 0 Å². The number of nitrogens with one attached hydrogen (secondary N) is 2. The third-order valence-electron chi connectivity index (χ3n) is 7.14. The van der Waals surface area contributed by atoms with Gasteiger partial charge in [-0.1, -0.05) is 12.1 Å². The topological polar surface area (TPSA) is 109 Å². The highest BCUT2D eigenvalue weighted by molar-refractivity contribution is 7.88. The van der Waals surface area contributed by atoms with Crippen LogP contribution in [0.3, 0.4) is 0 Å². The van der Waals surface area contributed by atoms with Crippen molar-refractivity contribution >= 4 is 26.7 Å². The minimum absolute atomic E-state index is 0.173. The summed E-state index contributed by atoms with van der Waals surface area (Å²) in [4.78, 5) is 13.4. The van der Waals surface area contributed by atoms with Gasteiger partial charge in [0.1, 0.15) is 18.1 Å². The van der Waals surface area contributed by atoms with Gasteiger partial charge in [0.05, 0.1) is 17.0 Å². The molecule has 2 aromatic carbocycles. The molecule has 0 unspecified atom stereocenters. The van der Waals surface area contributed by atoms with Gasteiger partial charge >= 0.3 is 6.18 Å². The predicted octanol–water partition coefficient (Wildman–Crippen LogP) is 5.42. The Balaban J connectivity index is 1.49. The van der Waals surface area contributed by atoms with Gasteiger partial charge < -0.3 is 15.4 Å². The lowest BCUT2D eigenvalue weighted by Crippen LogP contribution is -2.38. The summed E-state index contributed by atoms with van der Waals surface area (Å²) in [5.74, 6) is -0.878. The molecule has 9 nitrogen and oxygen atoms in total. The molecule has 0 saturated carbocycles. The summed E-state index contributed by atoms with van der Waals surface area (Å²) < 4.78 is 85.7. The standard InChI is InChI=1S/C29H30F4N6O3S/c1-18-7-8-20-21(9-10-24(30)23(20)16-43(40,41)39(2)17-29(31,32)33)26(18)42-27-22(6-4-13-35-27)25-11-14-36-28(38-25)37-19-5-3-12-34-15-19/h4,6-11,13-14,19,34H,3,5,12,15-17H2,1-2H3,(H,36,37,38)/t19-/m0/s1. The first-order valence-electron chi connectivity index (χ1n) is 13.6. The van der Waals surface area contributed by atoms with Gasteiger partial charge in [-0.25, -0.2) is 27.8 Å². The lowest BCUT2D eigenvalue weighted by Gasteiger charge is -2.23. The number of rotatable bonds is 9. The van der Waals surface area contributed by atoms with Crippen molar-refractivity contribution in [1.82, 2.24) is 24.6 Å². The fraction of sp³-hybridized carbons (Fsp3) is 0.345. The molecular formula is C29H30F4N6O3S. The quantitative estimate of drug-likeness (QED) is 0.240. The summed E-state index contributed by atoms with van der Waals surface area (Å²) in [6.07, 6.45) is 0.466. The molecule has 0 aliphatic carbocycles. The molecule has 14 heteroatoms. The zero-order chi connectivity index (χ0) is 30.8. The first-order chi connectivity index (χ1) is 20.4. The molecule has 1 aliphatic rings. The maximum absolute atomic E-state index is 15.0. The molecule has 2 N–H and O–H groups in total. The number of alkyl halides is 3. The van der Waals surface area contributed by atoms with Crippen molar-refractivity contribution in [2.24, 2.45) is 0 Å².